The van der Waals surface area contributed by atoms with Gasteiger partial charge < -0.3 is 14.8 Å². The van der Waals surface area contributed by atoms with Crippen LogP contribution in [0.1, 0.15) is 25.1 Å². The van der Waals surface area contributed by atoms with Gasteiger partial charge in [0.15, 0.2) is 0 Å². The molecule has 2 aliphatic rings. The number of H-pyrrole nitrogens is 1. The van der Waals surface area contributed by atoms with Crippen LogP contribution in [0.5, 0.6) is 0 Å². The highest BCUT2D eigenvalue weighted by Crippen LogP contribution is 2.32. The van der Waals surface area contributed by atoms with Crippen LogP contribution in [0.3, 0.4) is 0 Å². The summed E-state index contributed by atoms with van der Waals surface area (Å²) in [6.07, 6.45) is 2.98. The number of fused-ring (bicyclic) bond motifs is 1. The van der Waals surface area contributed by atoms with Gasteiger partial charge in [0.25, 0.3) is 0 Å². The fourth-order valence-corrected chi connectivity index (χ4v) is 3.94. The molecule has 1 aliphatic heterocycles. The van der Waals surface area contributed by atoms with Crippen molar-refractivity contribution in [3.05, 3.63) is 30.1 Å². The smallest absolute Gasteiger partial charge is 0.121 e. The zero-order valence-corrected chi connectivity index (χ0v) is 12.7. The molecule has 2 heterocycles. The summed E-state index contributed by atoms with van der Waals surface area (Å²) in [7, 11) is 0. The number of para-hydroxylation sites is 2. The molecule has 1 saturated carbocycles. The summed E-state index contributed by atoms with van der Waals surface area (Å²) in [6, 6.07) is 8.44. The number of nitrogens with one attached hydrogen (secondary N) is 1. The highest BCUT2D eigenvalue weighted by molar-refractivity contribution is 5.74. The van der Waals surface area contributed by atoms with Gasteiger partial charge in [-0.15, -0.1) is 0 Å². The molecule has 1 aliphatic carbocycles. The number of aromatic amines is 1. The summed E-state index contributed by atoms with van der Waals surface area (Å²) >= 11 is 0. The largest absolute Gasteiger partial charge is 0.393 e. The standard InChI is InChI=1S/C17H23N3O2/c21-16-7-3-4-12(16)15-11-22-9-8-20(15)10-17-18-13-5-1-2-6-14(13)19-17/h1-2,5-6,12,15-16,21H,3-4,7-11H2,(H,18,19). The number of imidazole rings is 1. The molecular weight excluding hydrogens is 278 g/mol. The fraction of sp³-hybridized carbons (Fsp3) is 0.588. The molecule has 4 rings (SSSR count). The van der Waals surface area contributed by atoms with Gasteiger partial charge >= 0.3 is 0 Å². The molecule has 0 bridgehead atoms. The minimum Gasteiger partial charge on any atom is -0.393 e. The molecule has 0 amide bonds. The van der Waals surface area contributed by atoms with E-state index in [1.54, 1.807) is 0 Å². The number of morpholine rings is 1. The average Bonchev–Trinajstić information content (AvgIpc) is 3.13. The van der Waals surface area contributed by atoms with Crippen molar-refractivity contribution < 1.29 is 9.84 Å². The summed E-state index contributed by atoms with van der Waals surface area (Å²) in [6.45, 7) is 3.19. The third kappa shape index (κ3) is 2.64. The third-order valence-corrected chi connectivity index (χ3v) is 5.10. The van der Waals surface area contributed by atoms with E-state index in [4.69, 9.17) is 4.74 Å². The average molecular weight is 301 g/mol. The van der Waals surface area contributed by atoms with Crippen LogP contribution in [0.4, 0.5) is 0 Å². The molecule has 2 aromatic rings. The summed E-state index contributed by atoms with van der Waals surface area (Å²) < 4.78 is 5.69. The van der Waals surface area contributed by atoms with E-state index in [2.05, 4.69) is 20.9 Å². The summed E-state index contributed by atoms with van der Waals surface area (Å²) in [5, 5.41) is 10.2. The number of aliphatic hydroxyl groups excluding tert-OH is 1. The zero-order chi connectivity index (χ0) is 14.9. The molecule has 3 atom stereocenters. The molecule has 1 aromatic heterocycles. The van der Waals surface area contributed by atoms with E-state index in [0.29, 0.717) is 12.0 Å². The Bertz CT molecular complexity index is 609. The molecule has 1 aromatic carbocycles. The Kier molecular flexibility index (Phi) is 3.86. The fourth-order valence-electron chi connectivity index (χ4n) is 3.94. The van der Waals surface area contributed by atoms with Crippen LogP contribution in [0.25, 0.3) is 11.0 Å². The third-order valence-electron chi connectivity index (χ3n) is 5.10. The van der Waals surface area contributed by atoms with Gasteiger partial charge in [-0.3, -0.25) is 4.90 Å². The summed E-state index contributed by atoms with van der Waals surface area (Å²) in [5.74, 6) is 1.34. The van der Waals surface area contributed by atoms with E-state index in [0.717, 1.165) is 62.4 Å². The van der Waals surface area contributed by atoms with Crippen LogP contribution in [-0.2, 0) is 11.3 Å². The van der Waals surface area contributed by atoms with E-state index in [9.17, 15) is 5.11 Å². The van der Waals surface area contributed by atoms with Crippen LogP contribution >= 0.6 is 0 Å². The number of aromatic nitrogens is 2. The van der Waals surface area contributed by atoms with Gasteiger partial charge in [-0.05, 0) is 25.0 Å². The van der Waals surface area contributed by atoms with Gasteiger partial charge in [-0.25, -0.2) is 4.98 Å². The first kappa shape index (κ1) is 14.2. The van der Waals surface area contributed by atoms with Gasteiger partial charge in [0.05, 0.1) is 36.9 Å². The van der Waals surface area contributed by atoms with Crippen molar-refractivity contribution in [2.75, 3.05) is 19.8 Å². The molecular formula is C17H23N3O2. The van der Waals surface area contributed by atoms with Crippen LogP contribution in [0.15, 0.2) is 24.3 Å². The van der Waals surface area contributed by atoms with E-state index in [-0.39, 0.29) is 6.10 Å². The first-order chi connectivity index (χ1) is 10.8. The Hall–Kier alpha value is -1.43. The minimum atomic E-state index is -0.176. The molecule has 2 N–H and O–H groups in total. The maximum absolute atomic E-state index is 10.2. The zero-order valence-electron chi connectivity index (χ0n) is 12.7. The Morgan fingerprint density at radius 1 is 1.32 bits per heavy atom. The lowest BCUT2D eigenvalue weighted by atomic mass is 9.94. The molecule has 2 fully saturated rings. The molecule has 22 heavy (non-hydrogen) atoms. The van der Waals surface area contributed by atoms with Gasteiger partial charge in [0.2, 0.25) is 0 Å². The van der Waals surface area contributed by atoms with Crippen LogP contribution in [-0.4, -0.2) is 51.9 Å². The number of ether oxygens (including phenoxy) is 1. The number of nitrogens with zero attached hydrogens (tertiary/aromatic N) is 2. The predicted octanol–water partition coefficient (Wildman–Crippen LogP) is 1.92. The van der Waals surface area contributed by atoms with Crippen molar-refractivity contribution in [1.29, 1.82) is 0 Å². The van der Waals surface area contributed by atoms with E-state index >= 15 is 0 Å². The first-order valence-electron chi connectivity index (χ1n) is 8.25. The second kappa shape index (κ2) is 5.99. The lowest BCUT2D eigenvalue weighted by Gasteiger charge is -2.39. The predicted molar refractivity (Wildman–Crippen MR) is 84.5 cm³/mol. The number of aliphatic hydroxyl groups is 1. The Balaban J connectivity index is 1.53. The molecule has 5 nitrogen and oxygen atoms in total. The van der Waals surface area contributed by atoms with Gasteiger partial charge in [0, 0.05) is 18.5 Å². The van der Waals surface area contributed by atoms with E-state index in [1.807, 2.05) is 18.2 Å². The highest BCUT2D eigenvalue weighted by atomic mass is 16.5. The van der Waals surface area contributed by atoms with Gasteiger partial charge in [-0.2, -0.15) is 0 Å². The number of hydrogen-bond acceptors (Lipinski definition) is 4. The molecule has 5 heteroatoms. The second-order valence-corrected chi connectivity index (χ2v) is 6.48. The minimum absolute atomic E-state index is 0.176. The highest BCUT2D eigenvalue weighted by Gasteiger charge is 2.37. The normalized spacial score (nSPS) is 30.1. The lowest BCUT2D eigenvalue weighted by Crippen LogP contribution is -2.50. The van der Waals surface area contributed by atoms with Crippen molar-refractivity contribution >= 4 is 11.0 Å². The van der Waals surface area contributed by atoms with Crippen molar-refractivity contribution in [1.82, 2.24) is 14.9 Å². The van der Waals surface area contributed by atoms with E-state index < -0.39 is 0 Å². The van der Waals surface area contributed by atoms with Crippen LogP contribution in [0, 0.1) is 5.92 Å². The van der Waals surface area contributed by atoms with Crippen LogP contribution < -0.4 is 0 Å². The number of benzene rings is 1. The molecule has 3 unspecified atom stereocenters. The molecule has 118 valence electrons. The lowest BCUT2D eigenvalue weighted by molar-refractivity contribution is -0.0544. The molecule has 1 saturated heterocycles. The maximum atomic E-state index is 10.2. The van der Waals surface area contributed by atoms with Gasteiger partial charge in [-0.1, -0.05) is 18.6 Å². The monoisotopic (exact) mass is 301 g/mol. The van der Waals surface area contributed by atoms with Gasteiger partial charge in [0.1, 0.15) is 5.82 Å². The quantitative estimate of drug-likeness (QED) is 0.909. The number of hydrogen-bond donors (Lipinski definition) is 2. The Labute approximate surface area is 130 Å². The molecule has 0 spiro atoms. The number of rotatable bonds is 3. The SMILES string of the molecule is OC1CCCC1C1COCCN1Cc1nc2ccccc2[nH]1. The maximum Gasteiger partial charge on any atom is 0.121 e. The molecule has 0 radical (unpaired) electrons. The Morgan fingerprint density at radius 3 is 3.05 bits per heavy atom. The van der Waals surface area contributed by atoms with Crippen molar-refractivity contribution in [2.45, 2.75) is 38.0 Å². The first-order valence-corrected chi connectivity index (χ1v) is 8.25. The van der Waals surface area contributed by atoms with Crippen LogP contribution in [0.2, 0.25) is 0 Å². The summed E-state index contributed by atoms with van der Waals surface area (Å²) in [5.41, 5.74) is 2.10. The Morgan fingerprint density at radius 2 is 2.23 bits per heavy atom. The summed E-state index contributed by atoms with van der Waals surface area (Å²) in [4.78, 5) is 10.5. The second-order valence-electron chi connectivity index (χ2n) is 6.48. The van der Waals surface area contributed by atoms with Crippen molar-refractivity contribution in [3.8, 4) is 0 Å². The topological polar surface area (TPSA) is 61.4 Å². The van der Waals surface area contributed by atoms with E-state index in [1.165, 1.54) is 0 Å². The van der Waals surface area contributed by atoms with Crippen molar-refractivity contribution in [2.24, 2.45) is 5.92 Å². The van der Waals surface area contributed by atoms with Crippen molar-refractivity contribution in [3.63, 3.8) is 0 Å².